The Morgan fingerprint density at radius 3 is 2.71 bits per heavy atom. The molecule has 0 aliphatic carbocycles. The summed E-state index contributed by atoms with van der Waals surface area (Å²) >= 11 is 0. The molecule has 1 unspecified atom stereocenters. The zero-order chi connectivity index (χ0) is 16.0. The number of nitrogens with two attached hydrogens (primary N) is 1. The molecule has 120 valence electrons. The van der Waals surface area contributed by atoms with E-state index in [0.29, 0.717) is 0 Å². The average Bonchev–Trinajstić information content (AvgIpc) is 2.73. The summed E-state index contributed by atoms with van der Waals surface area (Å²) in [6.07, 6.45) is 5.38. The van der Waals surface area contributed by atoms with Crippen LogP contribution in [0.3, 0.4) is 0 Å². The third-order valence-electron chi connectivity index (χ3n) is 3.70. The van der Waals surface area contributed by atoms with Gasteiger partial charge in [-0.3, -0.25) is 9.69 Å². The first-order chi connectivity index (χ1) is 9.74. The lowest BCUT2D eigenvalue weighted by Crippen LogP contribution is -2.55. The van der Waals surface area contributed by atoms with Crippen LogP contribution in [0.1, 0.15) is 39.4 Å². The normalized spacial score (nSPS) is 14.6. The number of rotatable bonds is 9. The number of nitrogens with one attached hydrogen (secondary N) is 1. The maximum absolute atomic E-state index is 11.7. The highest BCUT2D eigenvalue weighted by Gasteiger charge is 2.30. The van der Waals surface area contributed by atoms with Gasteiger partial charge in [-0.25, -0.2) is 4.98 Å². The summed E-state index contributed by atoms with van der Waals surface area (Å²) in [7, 11) is 4.05. The first kappa shape index (κ1) is 17.7. The highest BCUT2D eigenvalue weighted by molar-refractivity contribution is 5.84. The minimum Gasteiger partial charge on any atom is -0.368 e. The van der Waals surface area contributed by atoms with E-state index in [1.54, 1.807) is 6.20 Å². The van der Waals surface area contributed by atoms with Gasteiger partial charge in [0.15, 0.2) is 0 Å². The van der Waals surface area contributed by atoms with Crippen LogP contribution in [-0.2, 0) is 18.4 Å². The van der Waals surface area contributed by atoms with Gasteiger partial charge in [-0.1, -0.05) is 0 Å². The number of carbonyl (C=O) groups excluding carboxylic acids is 1. The first-order valence-electron chi connectivity index (χ1n) is 7.47. The second kappa shape index (κ2) is 7.56. The number of amides is 1. The van der Waals surface area contributed by atoms with Crippen LogP contribution in [0.25, 0.3) is 0 Å². The van der Waals surface area contributed by atoms with Crippen molar-refractivity contribution in [3.05, 3.63) is 18.2 Å². The summed E-state index contributed by atoms with van der Waals surface area (Å²) in [4.78, 5) is 18.2. The van der Waals surface area contributed by atoms with Crippen molar-refractivity contribution in [3.63, 3.8) is 0 Å². The number of imidazole rings is 1. The van der Waals surface area contributed by atoms with E-state index in [9.17, 15) is 4.79 Å². The van der Waals surface area contributed by atoms with Crippen molar-refractivity contribution in [1.29, 1.82) is 0 Å². The summed E-state index contributed by atoms with van der Waals surface area (Å²) in [5, 5.41) is 3.27. The summed E-state index contributed by atoms with van der Waals surface area (Å²) < 4.78 is 2.02. The molecule has 0 saturated heterocycles. The van der Waals surface area contributed by atoms with Crippen LogP contribution in [0.15, 0.2) is 12.4 Å². The monoisotopic (exact) mass is 295 g/mol. The topological polar surface area (TPSA) is 76.2 Å². The minimum absolute atomic E-state index is 0.229. The fourth-order valence-electron chi connectivity index (χ4n) is 2.48. The Balaban J connectivity index is 2.43. The molecule has 0 radical (unpaired) electrons. The van der Waals surface area contributed by atoms with Crippen LogP contribution in [0.2, 0.25) is 0 Å². The van der Waals surface area contributed by atoms with Gasteiger partial charge in [0.2, 0.25) is 5.91 Å². The molecule has 1 atom stereocenters. The smallest absolute Gasteiger partial charge is 0.237 e. The van der Waals surface area contributed by atoms with Gasteiger partial charge in [-0.15, -0.1) is 0 Å². The number of hydrogen-bond donors (Lipinski definition) is 2. The maximum Gasteiger partial charge on any atom is 0.237 e. The summed E-state index contributed by atoms with van der Waals surface area (Å²) in [5.41, 5.74) is 4.90. The number of aromatic nitrogens is 2. The second-order valence-electron chi connectivity index (χ2n) is 6.29. The molecule has 1 aromatic rings. The van der Waals surface area contributed by atoms with Crippen LogP contribution in [0.4, 0.5) is 0 Å². The summed E-state index contributed by atoms with van der Waals surface area (Å²) in [5.74, 6) is 0.749. The highest BCUT2D eigenvalue weighted by atomic mass is 16.1. The molecule has 0 aliphatic rings. The minimum atomic E-state index is -0.641. The third kappa shape index (κ3) is 5.47. The van der Waals surface area contributed by atoms with Gasteiger partial charge in [0, 0.05) is 25.5 Å². The SMILES string of the molecule is CC(C)NC(C)(CCCN(C)Cc1nccn1C)C(N)=O. The van der Waals surface area contributed by atoms with E-state index in [4.69, 9.17) is 5.73 Å². The molecule has 6 nitrogen and oxygen atoms in total. The molecular formula is C15H29N5O. The number of nitrogens with zero attached hydrogens (tertiary/aromatic N) is 3. The Labute approximate surface area is 127 Å². The molecule has 21 heavy (non-hydrogen) atoms. The van der Waals surface area contributed by atoms with E-state index >= 15 is 0 Å². The van der Waals surface area contributed by atoms with Gasteiger partial charge < -0.3 is 15.6 Å². The molecule has 3 N–H and O–H groups in total. The van der Waals surface area contributed by atoms with Crippen LogP contribution < -0.4 is 11.1 Å². The van der Waals surface area contributed by atoms with Gasteiger partial charge in [0.1, 0.15) is 5.82 Å². The lowest BCUT2D eigenvalue weighted by atomic mass is 9.94. The van der Waals surface area contributed by atoms with Gasteiger partial charge >= 0.3 is 0 Å². The maximum atomic E-state index is 11.7. The summed E-state index contributed by atoms with van der Waals surface area (Å²) in [6, 6.07) is 0.229. The van der Waals surface area contributed by atoms with Crippen molar-refractivity contribution in [2.24, 2.45) is 12.8 Å². The third-order valence-corrected chi connectivity index (χ3v) is 3.70. The second-order valence-corrected chi connectivity index (χ2v) is 6.29. The predicted molar refractivity (Wildman–Crippen MR) is 84.6 cm³/mol. The Morgan fingerprint density at radius 2 is 2.24 bits per heavy atom. The standard InChI is InChI=1S/C15H29N5O/c1-12(2)18-15(3,14(16)21)7-6-9-19(4)11-13-17-8-10-20(13)5/h8,10,12,18H,6-7,9,11H2,1-5H3,(H2,16,21). The van der Waals surface area contributed by atoms with Crippen molar-refractivity contribution in [2.45, 2.75) is 51.7 Å². The van der Waals surface area contributed by atoms with E-state index in [2.05, 4.69) is 22.2 Å². The van der Waals surface area contributed by atoms with Crippen molar-refractivity contribution in [2.75, 3.05) is 13.6 Å². The van der Waals surface area contributed by atoms with Gasteiger partial charge in [0.05, 0.1) is 12.1 Å². The van der Waals surface area contributed by atoms with E-state index in [1.807, 2.05) is 38.6 Å². The number of carbonyl (C=O) groups is 1. The molecule has 0 saturated carbocycles. The molecule has 1 amide bonds. The zero-order valence-corrected chi connectivity index (χ0v) is 13.9. The lowest BCUT2D eigenvalue weighted by Gasteiger charge is -2.30. The van der Waals surface area contributed by atoms with E-state index in [1.165, 1.54) is 0 Å². The molecule has 0 aromatic carbocycles. The molecule has 0 bridgehead atoms. The van der Waals surface area contributed by atoms with E-state index in [0.717, 1.165) is 31.8 Å². The Morgan fingerprint density at radius 1 is 1.57 bits per heavy atom. The molecular weight excluding hydrogens is 266 g/mol. The van der Waals surface area contributed by atoms with Gasteiger partial charge in [-0.05, 0) is 47.2 Å². The molecule has 1 heterocycles. The molecule has 0 fully saturated rings. The Bertz CT molecular complexity index is 457. The van der Waals surface area contributed by atoms with Crippen LogP contribution in [-0.4, -0.2) is 45.5 Å². The fourth-order valence-corrected chi connectivity index (χ4v) is 2.48. The van der Waals surface area contributed by atoms with Crippen molar-refractivity contribution < 1.29 is 4.79 Å². The Kier molecular flexibility index (Phi) is 6.36. The molecule has 0 spiro atoms. The predicted octanol–water partition coefficient (Wildman–Crippen LogP) is 0.874. The largest absolute Gasteiger partial charge is 0.368 e. The highest BCUT2D eigenvalue weighted by Crippen LogP contribution is 2.14. The van der Waals surface area contributed by atoms with Gasteiger partial charge in [-0.2, -0.15) is 0 Å². The Hall–Kier alpha value is -1.40. The van der Waals surface area contributed by atoms with Gasteiger partial charge in [0.25, 0.3) is 0 Å². The molecule has 0 aliphatic heterocycles. The molecule has 1 aromatic heterocycles. The summed E-state index contributed by atoms with van der Waals surface area (Å²) in [6.45, 7) is 7.63. The number of hydrogen-bond acceptors (Lipinski definition) is 4. The van der Waals surface area contributed by atoms with Crippen molar-refractivity contribution >= 4 is 5.91 Å². The van der Waals surface area contributed by atoms with E-state index in [-0.39, 0.29) is 11.9 Å². The molecule has 6 heteroatoms. The quantitative estimate of drug-likeness (QED) is 0.709. The number of aryl methyl sites for hydroxylation is 1. The first-order valence-corrected chi connectivity index (χ1v) is 7.47. The fraction of sp³-hybridized carbons (Fsp3) is 0.733. The van der Waals surface area contributed by atoms with Crippen LogP contribution in [0.5, 0.6) is 0 Å². The average molecular weight is 295 g/mol. The van der Waals surface area contributed by atoms with Crippen molar-refractivity contribution in [3.8, 4) is 0 Å². The van der Waals surface area contributed by atoms with Crippen molar-refractivity contribution in [1.82, 2.24) is 19.8 Å². The van der Waals surface area contributed by atoms with E-state index < -0.39 is 5.54 Å². The molecule has 1 rings (SSSR count). The lowest BCUT2D eigenvalue weighted by molar-refractivity contribution is -0.124. The zero-order valence-electron chi connectivity index (χ0n) is 13.9. The van der Waals surface area contributed by atoms with Crippen LogP contribution >= 0.6 is 0 Å². The number of primary amides is 1. The van der Waals surface area contributed by atoms with Crippen LogP contribution in [0, 0.1) is 0 Å².